The van der Waals surface area contributed by atoms with Gasteiger partial charge in [0, 0.05) is 32.9 Å². The van der Waals surface area contributed by atoms with Crippen LogP contribution in [-0.2, 0) is 18.5 Å². The van der Waals surface area contributed by atoms with Gasteiger partial charge in [-0.1, -0.05) is 12.2 Å². The van der Waals surface area contributed by atoms with Gasteiger partial charge in [0.15, 0.2) is 5.82 Å². The smallest absolute Gasteiger partial charge is 0.356 e. The molecule has 0 bridgehead atoms. The summed E-state index contributed by atoms with van der Waals surface area (Å²) in [6.45, 7) is 5.92. The van der Waals surface area contributed by atoms with Gasteiger partial charge in [-0.2, -0.15) is 13.2 Å². The van der Waals surface area contributed by atoms with E-state index in [1.54, 1.807) is 29.1 Å². The number of nitrogens with zero attached hydrogens (tertiary/aromatic N) is 7. The van der Waals surface area contributed by atoms with Gasteiger partial charge in [-0.05, 0) is 60.9 Å². The third-order valence-corrected chi connectivity index (χ3v) is 6.44. The van der Waals surface area contributed by atoms with Crippen molar-refractivity contribution in [2.45, 2.75) is 57.9 Å². The van der Waals surface area contributed by atoms with Crippen LogP contribution in [0.4, 0.5) is 18.0 Å². The van der Waals surface area contributed by atoms with Crippen LogP contribution in [0.1, 0.15) is 60.7 Å². The summed E-state index contributed by atoms with van der Waals surface area (Å²) in [4.78, 5) is 32.6. The molecule has 1 unspecified atom stereocenters. The second-order valence-electron chi connectivity index (χ2n) is 9.84. The zero-order valence-corrected chi connectivity index (χ0v) is 21.6. The molecule has 2 aromatic heterocycles. The number of rotatable bonds is 6. The van der Waals surface area contributed by atoms with Crippen LogP contribution in [0.25, 0.3) is 0 Å². The molecule has 11 nitrogen and oxygen atoms in total. The van der Waals surface area contributed by atoms with Gasteiger partial charge in [0.25, 0.3) is 5.91 Å². The van der Waals surface area contributed by atoms with Crippen molar-refractivity contribution in [3.63, 3.8) is 0 Å². The van der Waals surface area contributed by atoms with Crippen LogP contribution in [0.15, 0.2) is 36.3 Å². The van der Waals surface area contributed by atoms with Crippen molar-refractivity contribution < 1.29 is 22.8 Å². The minimum atomic E-state index is -4.34. The molecule has 4 rings (SSSR count). The minimum absolute atomic E-state index is 0.0338. The minimum Gasteiger partial charge on any atom is -0.356 e. The Morgan fingerprint density at radius 2 is 2.05 bits per heavy atom. The van der Waals surface area contributed by atoms with E-state index in [0.717, 1.165) is 16.0 Å². The van der Waals surface area contributed by atoms with Gasteiger partial charge in [-0.25, -0.2) is 9.48 Å². The van der Waals surface area contributed by atoms with E-state index in [0.29, 0.717) is 24.6 Å². The van der Waals surface area contributed by atoms with E-state index in [9.17, 15) is 22.8 Å². The number of pyridine rings is 1. The predicted octanol–water partition coefficient (Wildman–Crippen LogP) is 2.66. The molecule has 0 aliphatic carbocycles. The monoisotopic (exact) mass is 533 g/mol. The first-order chi connectivity index (χ1) is 17.9. The SMILES string of the molecule is CC(C)n1nnnc1C1(C)C=CC=C(NC(=O)c2cc3c(cn2)CCN(C(=O)N(C)CCC(F)(F)F)C3)N1. The molecule has 204 valence electrons. The average Bonchev–Trinajstić information content (AvgIpc) is 3.37. The molecule has 3 amide bonds. The predicted molar refractivity (Wildman–Crippen MR) is 130 cm³/mol. The standard InChI is InChI=1S/C24H30F3N9O2/c1-15(2)36-21(31-32-33-36)23(3)8-5-6-19(30-23)29-20(37)18-12-17-14-35(10-7-16(17)13-28-18)22(38)34(4)11-9-24(25,26)27/h5-6,8,12-13,15,30H,7,9-11,14H2,1-4H3,(H,29,37). The van der Waals surface area contributed by atoms with Crippen LogP contribution < -0.4 is 10.6 Å². The number of nitrogens with one attached hydrogen (secondary N) is 2. The fourth-order valence-corrected chi connectivity index (χ4v) is 4.33. The lowest BCUT2D eigenvalue weighted by molar-refractivity contribution is -0.136. The highest BCUT2D eigenvalue weighted by molar-refractivity contribution is 5.93. The number of amides is 3. The second kappa shape index (κ2) is 10.4. The van der Waals surface area contributed by atoms with Gasteiger partial charge in [0.1, 0.15) is 17.1 Å². The summed E-state index contributed by atoms with van der Waals surface area (Å²) in [6.07, 6.45) is 2.08. The van der Waals surface area contributed by atoms with Crippen LogP contribution in [-0.4, -0.2) is 73.2 Å². The van der Waals surface area contributed by atoms with Crippen molar-refractivity contribution in [3.8, 4) is 0 Å². The number of urea groups is 1. The molecule has 1 atom stereocenters. The van der Waals surface area contributed by atoms with E-state index in [1.165, 1.54) is 11.9 Å². The van der Waals surface area contributed by atoms with Crippen LogP contribution in [0.5, 0.6) is 0 Å². The van der Waals surface area contributed by atoms with Crippen LogP contribution in [0.3, 0.4) is 0 Å². The number of dihydropyridines is 1. The molecule has 2 N–H and O–H groups in total. The zero-order chi connectivity index (χ0) is 27.7. The summed E-state index contributed by atoms with van der Waals surface area (Å²) in [5.74, 6) is 0.555. The number of hydrogen-bond acceptors (Lipinski definition) is 7. The summed E-state index contributed by atoms with van der Waals surface area (Å²) in [6, 6.07) is 1.15. The molecule has 0 saturated carbocycles. The molecule has 2 aliphatic heterocycles. The number of tetrazole rings is 1. The molecule has 0 spiro atoms. The molecule has 0 fully saturated rings. The maximum Gasteiger partial charge on any atom is 0.390 e. The molecule has 0 aromatic carbocycles. The van der Waals surface area contributed by atoms with Gasteiger partial charge >= 0.3 is 12.2 Å². The molecule has 14 heteroatoms. The normalized spacial score (nSPS) is 19.1. The first-order valence-electron chi connectivity index (χ1n) is 12.2. The Morgan fingerprint density at radius 1 is 1.29 bits per heavy atom. The fourth-order valence-electron chi connectivity index (χ4n) is 4.33. The van der Waals surface area contributed by atoms with Crippen molar-refractivity contribution in [2.24, 2.45) is 0 Å². The van der Waals surface area contributed by atoms with Crippen molar-refractivity contribution in [1.82, 2.24) is 45.6 Å². The molecule has 38 heavy (non-hydrogen) atoms. The highest BCUT2D eigenvalue weighted by Crippen LogP contribution is 2.26. The van der Waals surface area contributed by atoms with Crippen LogP contribution >= 0.6 is 0 Å². The van der Waals surface area contributed by atoms with Crippen LogP contribution in [0.2, 0.25) is 0 Å². The molecule has 2 aliphatic rings. The lowest BCUT2D eigenvalue weighted by Gasteiger charge is -2.32. The second-order valence-corrected chi connectivity index (χ2v) is 9.84. The van der Waals surface area contributed by atoms with Crippen molar-refractivity contribution in [2.75, 3.05) is 20.1 Å². The Hall–Kier alpha value is -3.97. The van der Waals surface area contributed by atoms with Crippen molar-refractivity contribution >= 4 is 11.9 Å². The Morgan fingerprint density at radius 3 is 2.76 bits per heavy atom. The third kappa shape index (κ3) is 5.94. The van der Waals surface area contributed by atoms with E-state index in [-0.39, 0.29) is 18.3 Å². The first-order valence-corrected chi connectivity index (χ1v) is 12.2. The Kier molecular flexibility index (Phi) is 7.42. The number of fused-ring (bicyclic) bond motifs is 1. The topological polar surface area (TPSA) is 121 Å². The van der Waals surface area contributed by atoms with E-state index < -0.39 is 36.6 Å². The van der Waals surface area contributed by atoms with Crippen LogP contribution in [0, 0.1) is 0 Å². The summed E-state index contributed by atoms with van der Waals surface area (Å²) in [5, 5.41) is 18.1. The van der Waals surface area contributed by atoms with E-state index >= 15 is 0 Å². The van der Waals surface area contributed by atoms with Crippen molar-refractivity contribution in [3.05, 3.63) is 59.0 Å². The molecule has 4 heterocycles. The highest BCUT2D eigenvalue weighted by Gasteiger charge is 2.34. The highest BCUT2D eigenvalue weighted by atomic mass is 19.4. The number of allylic oxidation sites excluding steroid dienone is 2. The van der Waals surface area contributed by atoms with Gasteiger partial charge in [-0.15, -0.1) is 5.10 Å². The van der Waals surface area contributed by atoms with Gasteiger partial charge in [0.05, 0.1) is 12.5 Å². The Labute approximate surface area is 217 Å². The number of aromatic nitrogens is 5. The number of carbonyl (C=O) groups excluding carboxylic acids is 2. The van der Waals surface area contributed by atoms with Gasteiger partial charge in [0.2, 0.25) is 0 Å². The van der Waals surface area contributed by atoms with Crippen molar-refractivity contribution in [1.29, 1.82) is 0 Å². The fraction of sp³-hybridized carbons (Fsp3) is 0.500. The van der Waals surface area contributed by atoms with E-state index in [1.807, 2.05) is 26.8 Å². The molecule has 0 radical (unpaired) electrons. The number of alkyl halides is 3. The summed E-state index contributed by atoms with van der Waals surface area (Å²) in [7, 11) is 1.35. The van der Waals surface area contributed by atoms with Gasteiger partial charge < -0.3 is 20.4 Å². The quantitative estimate of drug-likeness (QED) is 0.586. The molecular formula is C24H30F3N9O2. The number of carbonyl (C=O) groups is 2. The maximum atomic E-state index is 13.1. The van der Waals surface area contributed by atoms with E-state index in [4.69, 9.17) is 0 Å². The summed E-state index contributed by atoms with van der Waals surface area (Å²) in [5.41, 5.74) is 0.984. The molecular weight excluding hydrogens is 503 g/mol. The average molecular weight is 534 g/mol. The molecule has 2 aromatic rings. The largest absolute Gasteiger partial charge is 0.390 e. The lowest BCUT2D eigenvalue weighted by Crippen LogP contribution is -2.46. The van der Waals surface area contributed by atoms with Gasteiger partial charge in [-0.3, -0.25) is 9.78 Å². The first kappa shape index (κ1) is 27.1. The maximum absolute atomic E-state index is 13.1. The Bertz CT molecular complexity index is 1270. The lowest BCUT2D eigenvalue weighted by atomic mass is 9.98. The Balaban J connectivity index is 1.42. The summed E-state index contributed by atoms with van der Waals surface area (Å²) >= 11 is 0. The number of hydrogen-bond donors (Lipinski definition) is 2. The summed E-state index contributed by atoms with van der Waals surface area (Å²) < 4.78 is 39.4. The zero-order valence-electron chi connectivity index (χ0n) is 21.6. The third-order valence-electron chi connectivity index (χ3n) is 6.44. The van der Waals surface area contributed by atoms with E-state index in [2.05, 4.69) is 31.1 Å². The molecule has 0 saturated heterocycles. The number of halogens is 3.